The molecule has 4 rings (SSSR count). The SMILES string of the molecule is C=C(O)[C@@H]1COCCN1Cc1cc(Cl)c(/C=C/c2cccc(-c3ccccc3)c2C)cc1C. The van der Waals surface area contributed by atoms with Crippen LogP contribution in [0.4, 0.5) is 0 Å². The Hall–Kier alpha value is -2.85. The normalized spacial score (nSPS) is 16.9. The van der Waals surface area contributed by atoms with E-state index in [9.17, 15) is 5.11 Å². The van der Waals surface area contributed by atoms with Crippen molar-refractivity contribution in [3.63, 3.8) is 0 Å². The van der Waals surface area contributed by atoms with E-state index in [2.05, 4.69) is 86.0 Å². The molecule has 3 aromatic carbocycles. The molecule has 0 aromatic heterocycles. The summed E-state index contributed by atoms with van der Waals surface area (Å²) in [6.07, 6.45) is 4.22. The summed E-state index contributed by atoms with van der Waals surface area (Å²) < 4.78 is 5.51. The molecule has 3 nitrogen and oxygen atoms in total. The summed E-state index contributed by atoms with van der Waals surface area (Å²) in [6.45, 7) is 10.5. The van der Waals surface area contributed by atoms with Crippen LogP contribution in [0.1, 0.15) is 27.8 Å². The van der Waals surface area contributed by atoms with Gasteiger partial charge in [-0.3, -0.25) is 4.90 Å². The van der Waals surface area contributed by atoms with Crippen molar-refractivity contribution in [2.45, 2.75) is 26.4 Å². The van der Waals surface area contributed by atoms with Gasteiger partial charge in [0.1, 0.15) is 5.76 Å². The molecule has 1 atom stereocenters. The molecule has 1 fully saturated rings. The monoisotopic (exact) mass is 459 g/mol. The maximum atomic E-state index is 9.94. The first kappa shape index (κ1) is 23.3. The Labute approximate surface area is 201 Å². The van der Waals surface area contributed by atoms with Crippen molar-refractivity contribution in [1.82, 2.24) is 4.90 Å². The van der Waals surface area contributed by atoms with Gasteiger partial charge in [0.05, 0.1) is 19.3 Å². The van der Waals surface area contributed by atoms with E-state index in [1.54, 1.807) is 0 Å². The number of benzene rings is 3. The zero-order valence-corrected chi connectivity index (χ0v) is 20.0. The lowest BCUT2D eigenvalue weighted by molar-refractivity contribution is -0.0110. The van der Waals surface area contributed by atoms with Crippen LogP contribution in [0.25, 0.3) is 23.3 Å². The third-order valence-corrected chi connectivity index (χ3v) is 6.68. The molecular weight excluding hydrogens is 430 g/mol. The maximum Gasteiger partial charge on any atom is 0.105 e. The molecule has 33 heavy (non-hydrogen) atoms. The van der Waals surface area contributed by atoms with Crippen molar-refractivity contribution in [2.24, 2.45) is 0 Å². The summed E-state index contributed by atoms with van der Waals surface area (Å²) in [7, 11) is 0. The fourth-order valence-corrected chi connectivity index (χ4v) is 4.59. The fourth-order valence-electron chi connectivity index (χ4n) is 4.34. The molecule has 1 heterocycles. The van der Waals surface area contributed by atoms with Gasteiger partial charge in [0.15, 0.2) is 0 Å². The van der Waals surface area contributed by atoms with Crippen molar-refractivity contribution >= 4 is 23.8 Å². The number of aliphatic hydroxyl groups is 1. The highest BCUT2D eigenvalue weighted by Gasteiger charge is 2.26. The molecule has 0 aliphatic carbocycles. The summed E-state index contributed by atoms with van der Waals surface area (Å²) >= 11 is 6.69. The van der Waals surface area contributed by atoms with Crippen LogP contribution in [0.5, 0.6) is 0 Å². The van der Waals surface area contributed by atoms with Crippen molar-refractivity contribution in [1.29, 1.82) is 0 Å². The number of aryl methyl sites for hydroxylation is 1. The van der Waals surface area contributed by atoms with Gasteiger partial charge in [0, 0.05) is 18.1 Å². The topological polar surface area (TPSA) is 32.7 Å². The second-order valence-electron chi connectivity index (χ2n) is 8.57. The van der Waals surface area contributed by atoms with Crippen LogP contribution < -0.4 is 0 Å². The number of hydrogen-bond donors (Lipinski definition) is 1. The van der Waals surface area contributed by atoms with Crippen LogP contribution in [0.15, 0.2) is 73.0 Å². The Morgan fingerprint density at radius 3 is 2.61 bits per heavy atom. The molecule has 4 heteroatoms. The van der Waals surface area contributed by atoms with E-state index in [1.165, 1.54) is 27.8 Å². The van der Waals surface area contributed by atoms with E-state index in [4.69, 9.17) is 16.3 Å². The lowest BCUT2D eigenvalue weighted by Crippen LogP contribution is -2.45. The third kappa shape index (κ3) is 5.39. The standard InChI is InChI=1S/C29H30ClNO2/c1-20-16-25(28(30)17-26(20)18-31-14-15-33-19-29(31)22(3)32)13-12-23-10-7-11-27(21(23)2)24-8-5-4-6-9-24/h4-13,16-17,29,32H,3,14-15,18-19H2,1-2H3/b13-12+/t29-/m0/s1. The summed E-state index contributed by atoms with van der Waals surface area (Å²) in [5.74, 6) is 0.145. The van der Waals surface area contributed by atoms with Crippen LogP contribution in [0.2, 0.25) is 5.02 Å². The van der Waals surface area contributed by atoms with Gasteiger partial charge in [-0.15, -0.1) is 0 Å². The summed E-state index contributed by atoms with van der Waals surface area (Å²) in [5.41, 5.74) is 8.18. The summed E-state index contributed by atoms with van der Waals surface area (Å²) in [5, 5.41) is 10.7. The van der Waals surface area contributed by atoms with Crippen molar-refractivity contribution in [3.05, 3.63) is 106 Å². The zero-order chi connectivity index (χ0) is 23.4. The maximum absolute atomic E-state index is 9.94. The molecule has 0 amide bonds. The molecule has 3 aromatic rings. The molecule has 1 aliphatic heterocycles. The fraction of sp³-hybridized carbons (Fsp3) is 0.241. The average molecular weight is 460 g/mol. The van der Waals surface area contributed by atoms with Crippen molar-refractivity contribution < 1.29 is 9.84 Å². The Morgan fingerprint density at radius 1 is 1.09 bits per heavy atom. The van der Waals surface area contributed by atoms with Crippen molar-refractivity contribution in [3.8, 4) is 11.1 Å². The van der Waals surface area contributed by atoms with E-state index < -0.39 is 0 Å². The van der Waals surface area contributed by atoms with Gasteiger partial charge in [-0.05, 0) is 58.9 Å². The Bertz CT molecular complexity index is 1170. The second-order valence-corrected chi connectivity index (χ2v) is 8.98. The Balaban J connectivity index is 1.56. The van der Waals surface area contributed by atoms with Gasteiger partial charge in [0.2, 0.25) is 0 Å². The number of hydrogen-bond acceptors (Lipinski definition) is 3. The molecule has 1 N–H and O–H groups in total. The van der Waals surface area contributed by atoms with Gasteiger partial charge < -0.3 is 9.84 Å². The van der Waals surface area contributed by atoms with E-state index in [0.717, 1.165) is 22.7 Å². The molecule has 170 valence electrons. The minimum Gasteiger partial charge on any atom is -0.511 e. The van der Waals surface area contributed by atoms with Gasteiger partial charge in [-0.1, -0.05) is 84.9 Å². The minimum absolute atomic E-state index is 0.145. The van der Waals surface area contributed by atoms with Crippen molar-refractivity contribution in [2.75, 3.05) is 19.8 Å². The Kier molecular flexibility index (Phi) is 7.34. The zero-order valence-electron chi connectivity index (χ0n) is 19.2. The molecule has 0 saturated carbocycles. The van der Waals surface area contributed by atoms with Gasteiger partial charge in [-0.25, -0.2) is 0 Å². The third-order valence-electron chi connectivity index (χ3n) is 6.36. The number of halogens is 1. The highest BCUT2D eigenvalue weighted by atomic mass is 35.5. The first-order valence-electron chi connectivity index (χ1n) is 11.3. The number of aliphatic hydroxyl groups excluding tert-OH is 1. The van der Waals surface area contributed by atoms with Gasteiger partial charge in [0.25, 0.3) is 0 Å². The van der Waals surface area contributed by atoms with E-state index >= 15 is 0 Å². The van der Waals surface area contributed by atoms with Crippen LogP contribution in [-0.2, 0) is 11.3 Å². The quantitative estimate of drug-likeness (QED) is 0.316. The van der Waals surface area contributed by atoms with Gasteiger partial charge >= 0.3 is 0 Å². The van der Waals surface area contributed by atoms with Crippen LogP contribution >= 0.6 is 11.6 Å². The minimum atomic E-state index is -0.184. The van der Waals surface area contributed by atoms with E-state index in [1.807, 2.05) is 12.1 Å². The van der Waals surface area contributed by atoms with Crippen LogP contribution in [0, 0.1) is 13.8 Å². The predicted molar refractivity (Wildman–Crippen MR) is 139 cm³/mol. The largest absolute Gasteiger partial charge is 0.511 e. The smallest absolute Gasteiger partial charge is 0.105 e. The number of nitrogens with zero attached hydrogens (tertiary/aromatic N) is 1. The molecule has 0 unspecified atom stereocenters. The van der Waals surface area contributed by atoms with E-state index in [-0.39, 0.29) is 11.8 Å². The first-order valence-corrected chi connectivity index (χ1v) is 11.6. The van der Waals surface area contributed by atoms with Crippen LogP contribution in [-0.4, -0.2) is 35.8 Å². The average Bonchev–Trinajstić information content (AvgIpc) is 2.82. The molecule has 1 aliphatic rings. The summed E-state index contributed by atoms with van der Waals surface area (Å²) in [4.78, 5) is 2.19. The highest BCUT2D eigenvalue weighted by molar-refractivity contribution is 6.32. The highest BCUT2D eigenvalue weighted by Crippen LogP contribution is 2.29. The van der Waals surface area contributed by atoms with E-state index in [0.29, 0.717) is 19.8 Å². The Morgan fingerprint density at radius 2 is 1.85 bits per heavy atom. The number of rotatable bonds is 6. The molecule has 0 radical (unpaired) electrons. The first-order chi connectivity index (χ1) is 15.9. The molecule has 0 bridgehead atoms. The number of morpholine rings is 1. The molecule has 0 spiro atoms. The summed E-state index contributed by atoms with van der Waals surface area (Å²) in [6, 6.07) is 20.8. The molecular formula is C29H30ClNO2. The predicted octanol–water partition coefficient (Wildman–Crippen LogP) is 7.07. The lowest BCUT2D eigenvalue weighted by Gasteiger charge is -2.35. The van der Waals surface area contributed by atoms with Gasteiger partial charge in [-0.2, -0.15) is 0 Å². The molecule has 1 saturated heterocycles. The lowest BCUT2D eigenvalue weighted by atomic mass is 9.95. The number of ether oxygens (including phenoxy) is 1. The van der Waals surface area contributed by atoms with Crippen LogP contribution in [0.3, 0.4) is 0 Å². The second kappa shape index (κ2) is 10.4.